The molecule has 0 atom stereocenters. The number of rotatable bonds is 7. The van der Waals surface area contributed by atoms with Crippen molar-refractivity contribution in [3.63, 3.8) is 0 Å². The molecule has 0 radical (unpaired) electrons. The zero-order chi connectivity index (χ0) is 25.0. The number of fused-ring (bicyclic) bond motifs is 1. The first-order chi connectivity index (χ1) is 16.8. The normalized spacial score (nSPS) is 13.5. The minimum atomic E-state index is -0.233. The van der Waals surface area contributed by atoms with Gasteiger partial charge in [0.25, 0.3) is 0 Å². The summed E-state index contributed by atoms with van der Waals surface area (Å²) in [5.41, 5.74) is 5.45. The highest BCUT2D eigenvalue weighted by molar-refractivity contribution is 5.79. The number of aryl methyl sites for hydroxylation is 1. The highest BCUT2D eigenvalue weighted by Crippen LogP contribution is 2.36. The number of hydrogen-bond acceptors (Lipinski definition) is 4. The molecular formula is C30H36N2O3. The summed E-state index contributed by atoms with van der Waals surface area (Å²) in [6, 6.07) is 22.8. The number of carbonyl (C=O) groups excluding carboxylic acids is 1. The van der Waals surface area contributed by atoms with Crippen molar-refractivity contribution in [3.8, 4) is 11.5 Å². The Morgan fingerprint density at radius 2 is 1.77 bits per heavy atom. The maximum absolute atomic E-state index is 13.2. The number of benzene rings is 3. The predicted molar refractivity (Wildman–Crippen MR) is 141 cm³/mol. The fourth-order valence-electron chi connectivity index (χ4n) is 4.80. The monoisotopic (exact) mass is 472 g/mol. The van der Waals surface area contributed by atoms with Gasteiger partial charge in [0, 0.05) is 24.3 Å². The van der Waals surface area contributed by atoms with Gasteiger partial charge >= 0.3 is 0 Å². The van der Waals surface area contributed by atoms with Crippen molar-refractivity contribution in [2.24, 2.45) is 0 Å². The standard InChI is InChI=1S/C30H36N2O3/c1-6-32(26-12-7-22(2)8-13-26)30(3,4)25-11-16-28-24(20-25)21-31(17-18-35-28)29(33)19-23-9-14-27(34-5)15-10-23/h7-16,20H,6,17-19,21H2,1-5H3. The number of hydrogen-bond donors (Lipinski definition) is 0. The van der Waals surface area contributed by atoms with Gasteiger partial charge in [-0.2, -0.15) is 0 Å². The third kappa shape index (κ3) is 5.45. The van der Waals surface area contributed by atoms with Crippen molar-refractivity contribution in [1.29, 1.82) is 0 Å². The van der Waals surface area contributed by atoms with Crippen LogP contribution < -0.4 is 14.4 Å². The van der Waals surface area contributed by atoms with Gasteiger partial charge in [-0.1, -0.05) is 35.9 Å². The van der Waals surface area contributed by atoms with Gasteiger partial charge in [0.05, 0.1) is 25.6 Å². The fourth-order valence-corrected chi connectivity index (χ4v) is 4.80. The number of amides is 1. The quantitative estimate of drug-likeness (QED) is 0.440. The Labute approximate surface area is 209 Å². The second-order valence-electron chi connectivity index (χ2n) is 9.65. The van der Waals surface area contributed by atoms with Crippen LogP contribution in [0.5, 0.6) is 11.5 Å². The molecule has 1 aliphatic heterocycles. The van der Waals surface area contributed by atoms with Crippen molar-refractivity contribution in [2.45, 2.75) is 46.2 Å². The van der Waals surface area contributed by atoms with Gasteiger partial charge < -0.3 is 19.3 Å². The average molecular weight is 473 g/mol. The molecule has 4 rings (SSSR count). The lowest BCUT2D eigenvalue weighted by molar-refractivity contribution is -0.131. The molecule has 0 spiro atoms. The van der Waals surface area contributed by atoms with Crippen LogP contribution in [0.3, 0.4) is 0 Å². The zero-order valence-electron chi connectivity index (χ0n) is 21.5. The van der Waals surface area contributed by atoms with Crippen LogP contribution in [-0.4, -0.2) is 37.6 Å². The zero-order valence-corrected chi connectivity index (χ0v) is 21.5. The van der Waals surface area contributed by atoms with Crippen LogP contribution in [0.15, 0.2) is 66.7 Å². The Morgan fingerprint density at radius 1 is 1.06 bits per heavy atom. The van der Waals surface area contributed by atoms with E-state index in [-0.39, 0.29) is 11.4 Å². The Morgan fingerprint density at radius 3 is 2.43 bits per heavy atom. The number of anilines is 1. The molecule has 0 saturated carbocycles. The van der Waals surface area contributed by atoms with Gasteiger partial charge in [-0.05, 0) is 75.2 Å². The van der Waals surface area contributed by atoms with Gasteiger partial charge in [-0.25, -0.2) is 0 Å². The summed E-state index contributed by atoms with van der Waals surface area (Å²) >= 11 is 0. The van der Waals surface area contributed by atoms with E-state index in [2.05, 4.69) is 75.1 Å². The van der Waals surface area contributed by atoms with Gasteiger partial charge in [-0.3, -0.25) is 4.79 Å². The lowest BCUT2D eigenvalue weighted by Gasteiger charge is -2.41. The lowest BCUT2D eigenvalue weighted by Crippen LogP contribution is -2.41. The average Bonchev–Trinajstić information content (AvgIpc) is 3.08. The minimum Gasteiger partial charge on any atom is -0.497 e. The van der Waals surface area contributed by atoms with Crippen LogP contribution >= 0.6 is 0 Å². The molecule has 3 aromatic carbocycles. The molecule has 0 aliphatic carbocycles. The van der Waals surface area contributed by atoms with E-state index in [1.54, 1.807) is 7.11 Å². The molecule has 5 nitrogen and oxygen atoms in total. The summed E-state index contributed by atoms with van der Waals surface area (Å²) in [5.74, 6) is 1.76. The van der Waals surface area contributed by atoms with E-state index in [1.807, 2.05) is 29.2 Å². The highest BCUT2D eigenvalue weighted by Gasteiger charge is 2.30. The third-order valence-corrected chi connectivity index (χ3v) is 6.95. The van der Waals surface area contributed by atoms with Crippen LogP contribution in [0.1, 0.15) is 43.0 Å². The van der Waals surface area contributed by atoms with E-state index in [4.69, 9.17) is 9.47 Å². The van der Waals surface area contributed by atoms with Crippen molar-refractivity contribution in [2.75, 3.05) is 31.7 Å². The molecular weight excluding hydrogens is 436 g/mol. The van der Waals surface area contributed by atoms with Gasteiger partial charge in [0.15, 0.2) is 0 Å². The van der Waals surface area contributed by atoms with Gasteiger partial charge in [-0.15, -0.1) is 0 Å². The number of ether oxygens (including phenoxy) is 2. The highest BCUT2D eigenvalue weighted by atomic mass is 16.5. The Hall–Kier alpha value is -3.47. The summed E-state index contributed by atoms with van der Waals surface area (Å²) in [5, 5.41) is 0. The lowest BCUT2D eigenvalue weighted by atomic mass is 9.89. The topological polar surface area (TPSA) is 42.0 Å². The van der Waals surface area contributed by atoms with Crippen LogP contribution in [0.25, 0.3) is 0 Å². The third-order valence-electron chi connectivity index (χ3n) is 6.95. The number of nitrogens with zero attached hydrogens (tertiary/aromatic N) is 2. The van der Waals surface area contributed by atoms with E-state index in [0.29, 0.717) is 26.1 Å². The number of methoxy groups -OCH3 is 1. The molecule has 3 aromatic rings. The van der Waals surface area contributed by atoms with Crippen molar-refractivity contribution < 1.29 is 14.3 Å². The summed E-state index contributed by atoms with van der Waals surface area (Å²) in [6.45, 7) is 11.3. The Kier molecular flexibility index (Phi) is 7.34. The molecule has 1 aliphatic rings. The first-order valence-corrected chi connectivity index (χ1v) is 12.3. The molecule has 0 bridgehead atoms. The molecule has 35 heavy (non-hydrogen) atoms. The predicted octanol–water partition coefficient (Wildman–Crippen LogP) is 5.73. The van der Waals surface area contributed by atoms with E-state index in [9.17, 15) is 4.79 Å². The smallest absolute Gasteiger partial charge is 0.227 e. The van der Waals surface area contributed by atoms with Gasteiger partial charge in [0.2, 0.25) is 5.91 Å². The van der Waals surface area contributed by atoms with E-state index in [1.165, 1.54) is 16.8 Å². The number of carbonyl (C=O) groups is 1. The Balaban J connectivity index is 1.55. The Bertz CT molecular complexity index is 1150. The molecule has 5 heteroatoms. The van der Waals surface area contributed by atoms with E-state index >= 15 is 0 Å². The van der Waals surface area contributed by atoms with Gasteiger partial charge in [0.1, 0.15) is 18.1 Å². The largest absolute Gasteiger partial charge is 0.497 e. The van der Waals surface area contributed by atoms with Crippen LogP contribution in [0.2, 0.25) is 0 Å². The molecule has 1 amide bonds. The molecule has 0 N–H and O–H groups in total. The van der Waals surface area contributed by atoms with Crippen molar-refractivity contribution >= 4 is 11.6 Å². The van der Waals surface area contributed by atoms with Crippen molar-refractivity contribution in [1.82, 2.24) is 4.90 Å². The van der Waals surface area contributed by atoms with E-state index < -0.39 is 0 Å². The minimum absolute atomic E-state index is 0.103. The van der Waals surface area contributed by atoms with E-state index in [0.717, 1.165) is 29.2 Å². The maximum atomic E-state index is 13.2. The SMILES string of the molecule is CCN(c1ccc(C)cc1)C(C)(C)c1ccc2c(c1)CN(C(=O)Cc1ccc(OC)cc1)CCO2. The van der Waals surface area contributed by atoms with Crippen LogP contribution in [0.4, 0.5) is 5.69 Å². The first-order valence-electron chi connectivity index (χ1n) is 12.3. The summed E-state index contributed by atoms with van der Waals surface area (Å²) in [6.07, 6.45) is 0.363. The van der Waals surface area contributed by atoms with Crippen LogP contribution in [-0.2, 0) is 23.3 Å². The second-order valence-corrected chi connectivity index (χ2v) is 9.65. The molecule has 0 unspecified atom stereocenters. The molecule has 184 valence electrons. The molecule has 0 aromatic heterocycles. The first kappa shape index (κ1) is 24.6. The van der Waals surface area contributed by atoms with Crippen molar-refractivity contribution in [3.05, 3.63) is 89.0 Å². The second kappa shape index (κ2) is 10.4. The summed E-state index contributed by atoms with van der Waals surface area (Å²) in [4.78, 5) is 17.5. The van der Waals surface area contributed by atoms with Crippen LogP contribution in [0, 0.1) is 6.92 Å². The molecule has 0 saturated heterocycles. The fraction of sp³-hybridized carbons (Fsp3) is 0.367. The summed E-state index contributed by atoms with van der Waals surface area (Å²) in [7, 11) is 1.64. The summed E-state index contributed by atoms with van der Waals surface area (Å²) < 4.78 is 11.3. The maximum Gasteiger partial charge on any atom is 0.227 e. The molecule has 0 fully saturated rings. The molecule has 1 heterocycles.